The molecular formula is C11H13ClN2O2. The van der Waals surface area contributed by atoms with Crippen LogP contribution in [0.3, 0.4) is 0 Å². The molecule has 3 N–H and O–H groups in total. The van der Waals surface area contributed by atoms with Crippen LogP contribution in [-0.2, 0) is 0 Å². The van der Waals surface area contributed by atoms with Gasteiger partial charge in [-0.2, -0.15) is 0 Å². The number of carbonyl (C=O) groups is 1. The average molecular weight is 241 g/mol. The van der Waals surface area contributed by atoms with Crippen molar-refractivity contribution in [1.29, 1.82) is 0 Å². The first-order chi connectivity index (χ1) is 7.39. The number of nitrogens with zero attached hydrogens (tertiary/aromatic N) is 1. The molecule has 0 atom stereocenters. The maximum Gasteiger partial charge on any atom is 0.256 e. The molecule has 86 valence electrons. The van der Waals surface area contributed by atoms with Crippen LogP contribution >= 0.6 is 11.6 Å². The van der Waals surface area contributed by atoms with Crippen molar-refractivity contribution in [3.8, 4) is 0 Å². The zero-order valence-electron chi connectivity index (χ0n) is 8.90. The first-order valence-corrected chi connectivity index (χ1v) is 5.33. The lowest BCUT2D eigenvalue weighted by atomic mass is 9.95. The van der Waals surface area contributed by atoms with Crippen molar-refractivity contribution >= 4 is 23.2 Å². The smallest absolute Gasteiger partial charge is 0.256 e. The molecule has 0 spiro atoms. The average Bonchev–Trinajstić information content (AvgIpc) is 2.13. The number of hydrogen-bond donors (Lipinski definition) is 2. The zero-order chi connectivity index (χ0) is 11.9. The highest BCUT2D eigenvalue weighted by Gasteiger charge is 2.39. The third kappa shape index (κ3) is 1.99. The molecule has 0 saturated carbocycles. The second kappa shape index (κ2) is 3.64. The number of likely N-dealkylation sites (tertiary alicyclic amines) is 1. The van der Waals surface area contributed by atoms with Crippen molar-refractivity contribution in [2.45, 2.75) is 12.5 Å². The van der Waals surface area contributed by atoms with Crippen LogP contribution in [0.25, 0.3) is 0 Å². The minimum absolute atomic E-state index is 0.166. The van der Waals surface area contributed by atoms with Gasteiger partial charge >= 0.3 is 0 Å². The number of β-amino-alcohol motifs (C(OH)–C–C–N with tert-alkyl or cyclic N) is 1. The van der Waals surface area contributed by atoms with Crippen molar-refractivity contribution in [2.24, 2.45) is 0 Å². The molecule has 0 unspecified atom stereocenters. The Bertz CT molecular complexity index is 438. The Morgan fingerprint density at radius 1 is 1.56 bits per heavy atom. The SMILES string of the molecule is CC1(O)CN(C(=O)c2ccc(Cl)cc2N)C1. The number of aliphatic hydroxyl groups is 1. The number of hydrogen-bond acceptors (Lipinski definition) is 3. The lowest BCUT2D eigenvalue weighted by Crippen LogP contribution is -2.61. The van der Waals surface area contributed by atoms with Gasteiger partial charge in [-0.3, -0.25) is 4.79 Å². The highest BCUT2D eigenvalue weighted by atomic mass is 35.5. The van der Waals surface area contributed by atoms with Crippen LogP contribution in [0.15, 0.2) is 18.2 Å². The van der Waals surface area contributed by atoms with Crippen molar-refractivity contribution in [2.75, 3.05) is 18.8 Å². The molecular weight excluding hydrogens is 228 g/mol. The molecule has 1 saturated heterocycles. The van der Waals surface area contributed by atoms with Crippen LogP contribution in [0.2, 0.25) is 5.02 Å². The van der Waals surface area contributed by atoms with Crippen molar-refractivity contribution < 1.29 is 9.90 Å². The van der Waals surface area contributed by atoms with Crippen molar-refractivity contribution in [3.05, 3.63) is 28.8 Å². The summed E-state index contributed by atoms with van der Waals surface area (Å²) in [5.74, 6) is -0.166. The highest BCUT2D eigenvalue weighted by Crippen LogP contribution is 2.25. The van der Waals surface area contributed by atoms with Crippen LogP contribution in [-0.4, -0.2) is 34.6 Å². The standard InChI is InChI=1S/C11H13ClN2O2/c1-11(16)5-14(6-11)10(15)8-3-2-7(12)4-9(8)13/h2-4,16H,5-6,13H2,1H3. The van der Waals surface area contributed by atoms with Gasteiger partial charge in [0.1, 0.15) is 0 Å². The summed E-state index contributed by atoms with van der Waals surface area (Å²) in [7, 11) is 0. The van der Waals surface area contributed by atoms with E-state index < -0.39 is 5.60 Å². The lowest BCUT2D eigenvalue weighted by molar-refractivity contribution is -0.0668. The quantitative estimate of drug-likeness (QED) is 0.724. The summed E-state index contributed by atoms with van der Waals surface area (Å²) < 4.78 is 0. The molecule has 1 aliphatic rings. The minimum Gasteiger partial charge on any atom is -0.398 e. The van der Waals surface area contributed by atoms with E-state index in [1.54, 1.807) is 30.0 Å². The second-order valence-corrected chi connectivity index (χ2v) is 4.83. The van der Waals surface area contributed by atoms with Gasteiger partial charge in [0, 0.05) is 10.7 Å². The Hall–Kier alpha value is -1.26. The van der Waals surface area contributed by atoms with Crippen molar-refractivity contribution in [1.82, 2.24) is 4.90 Å². The van der Waals surface area contributed by atoms with Crippen LogP contribution < -0.4 is 5.73 Å². The van der Waals surface area contributed by atoms with Gasteiger partial charge in [0.05, 0.1) is 24.3 Å². The van der Waals surface area contributed by atoms with E-state index >= 15 is 0 Å². The van der Waals surface area contributed by atoms with Gasteiger partial charge in [0.15, 0.2) is 0 Å². The number of amides is 1. The third-order valence-corrected chi connectivity index (χ3v) is 2.83. The lowest BCUT2D eigenvalue weighted by Gasteiger charge is -2.44. The molecule has 1 aromatic carbocycles. The fourth-order valence-corrected chi connectivity index (χ4v) is 2.00. The van der Waals surface area contributed by atoms with E-state index in [2.05, 4.69) is 0 Å². The van der Waals surface area contributed by atoms with Gasteiger partial charge in [0.2, 0.25) is 0 Å². The Balaban J connectivity index is 2.16. The minimum atomic E-state index is -0.767. The molecule has 0 aromatic heterocycles. The summed E-state index contributed by atoms with van der Waals surface area (Å²) in [6.07, 6.45) is 0. The number of halogens is 1. The zero-order valence-corrected chi connectivity index (χ0v) is 9.66. The van der Waals surface area contributed by atoms with Gasteiger partial charge in [-0.15, -0.1) is 0 Å². The summed E-state index contributed by atoms with van der Waals surface area (Å²) in [6.45, 7) is 2.38. The highest BCUT2D eigenvalue weighted by molar-refractivity contribution is 6.31. The van der Waals surface area contributed by atoms with Crippen LogP contribution in [0, 0.1) is 0 Å². The number of anilines is 1. The molecule has 1 fully saturated rings. The number of nitrogen functional groups attached to an aromatic ring is 1. The Kier molecular flexibility index (Phi) is 2.56. The largest absolute Gasteiger partial charge is 0.398 e. The number of rotatable bonds is 1. The molecule has 4 nitrogen and oxygen atoms in total. The summed E-state index contributed by atoms with van der Waals surface area (Å²) in [5.41, 5.74) is 5.74. The normalized spacial score (nSPS) is 18.1. The number of carbonyl (C=O) groups excluding carboxylic acids is 1. The molecule has 1 heterocycles. The molecule has 1 aliphatic heterocycles. The Morgan fingerprint density at radius 2 is 2.19 bits per heavy atom. The van der Waals surface area contributed by atoms with Crippen molar-refractivity contribution in [3.63, 3.8) is 0 Å². The number of nitrogens with two attached hydrogens (primary N) is 1. The van der Waals surface area contributed by atoms with E-state index in [0.29, 0.717) is 29.4 Å². The fraction of sp³-hybridized carbons (Fsp3) is 0.364. The first-order valence-electron chi connectivity index (χ1n) is 4.96. The van der Waals surface area contributed by atoms with E-state index in [1.807, 2.05) is 0 Å². The van der Waals surface area contributed by atoms with Gasteiger partial charge in [-0.25, -0.2) is 0 Å². The van der Waals surface area contributed by atoms with E-state index in [9.17, 15) is 9.90 Å². The van der Waals surface area contributed by atoms with Gasteiger partial charge in [-0.1, -0.05) is 11.6 Å². The summed E-state index contributed by atoms with van der Waals surface area (Å²) >= 11 is 5.75. The maximum absolute atomic E-state index is 11.9. The summed E-state index contributed by atoms with van der Waals surface area (Å²) in [5, 5.41) is 10.1. The van der Waals surface area contributed by atoms with Crippen LogP contribution in [0.5, 0.6) is 0 Å². The topological polar surface area (TPSA) is 66.6 Å². The molecule has 2 rings (SSSR count). The monoisotopic (exact) mass is 240 g/mol. The number of benzene rings is 1. The Labute approximate surface area is 98.6 Å². The molecule has 0 bridgehead atoms. The fourth-order valence-electron chi connectivity index (χ4n) is 1.82. The maximum atomic E-state index is 11.9. The molecule has 5 heteroatoms. The predicted molar refractivity (Wildman–Crippen MR) is 62.4 cm³/mol. The van der Waals surface area contributed by atoms with Gasteiger partial charge in [-0.05, 0) is 25.1 Å². The molecule has 1 aromatic rings. The molecule has 0 radical (unpaired) electrons. The second-order valence-electron chi connectivity index (χ2n) is 4.39. The van der Waals surface area contributed by atoms with Gasteiger partial charge < -0.3 is 15.7 Å². The van der Waals surface area contributed by atoms with E-state index in [-0.39, 0.29) is 5.91 Å². The predicted octanol–water partition coefficient (Wildman–Crippen LogP) is 1.13. The Morgan fingerprint density at radius 3 is 2.69 bits per heavy atom. The van der Waals surface area contributed by atoms with E-state index in [4.69, 9.17) is 17.3 Å². The summed E-state index contributed by atoms with van der Waals surface area (Å²) in [4.78, 5) is 13.5. The molecule has 0 aliphatic carbocycles. The van der Waals surface area contributed by atoms with Crippen LogP contribution in [0.1, 0.15) is 17.3 Å². The first kappa shape index (κ1) is 11.2. The van der Waals surface area contributed by atoms with Gasteiger partial charge in [0.25, 0.3) is 5.91 Å². The molecule has 1 amide bonds. The molecule has 16 heavy (non-hydrogen) atoms. The summed E-state index contributed by atoms with van der Waals surface area (Å²) in [6, 6.07) is 4.78. The van der Waals surface area contributed by atoms with Crippen LogP contribution in [0.4, 0.5) is 5.69 Å². The van der Waals surface area contributed by atoms with E-state index in [0.717, 1.165) is 0 Å². The third-order valence-electron chi connectivity index (χ3n) is 2.59. The van der Waals surface area contributed by atoms with E-state index in [1.165, 1.54) is 0 Å².